The van der Waals surface area contributed by atoms with Gasteiger partial charge in [0, 0.05) is 39.9 Å². The molecular formula is C49H34N2. The average Bonchev–Trinajstić information content (AvgIpc) is 3.55. The van der Waals surface area contributed by atoms with Gasteiger partial charge >= 0.3 is 0 Å². The third-order valence-electron chi connectivity index (χ3n) is 10.4. The van der Waals surface area contributed by atoms with Crippen LogP contribution in [0.2, 0.25) is 0 Å². The van der Waals surface area contributed by atoms with Crippen molar-refractivity contribution in [1.82, 2.24) is 4.57 Å². The molecule has 2 heteroatoms. The van der Waals surface area contributed by atoms with E-state index in [1.807, 2.05) is 0 Å². The second-order valence-electron chi connectivity index (χ2n) is 13.4. The fourth-order valence-corrected chi connectivity index (χ4v) is 7.90. The largest absolute Gasteiger partial charge is 0.336 e. The van der Waals surface area contributed by atoms with Crippen molar-refractivity contribution >= 4 is 33.2 Å². The Hall–Kier alpha value is -6.64. The number of aromatic nitrogens is 1. The van der Waals surface area contributed by atoms with Gasteiger partial charge < -0.3 is 9.47 Å². The van der Waals surface area contributed by atoms with Crippen LogP contribution in [0.5, 0.6) is 0 Å². The summed E-state index contributed by atoms with van der Waals surface area (Å²) in [5, 5.41) is 2.53. The van der Waals surface area contributed by atoms with Crippen LogP contribution in [0.15, 0.2) is 194 Å². The summed E-state index contributed by atoms with van der Waals surface area (Å²) < 4.78 is 2.40. The molecule has 1 aromatic heterocycles. The zero-order valence-electron chi connectivity index (χ0n) is 28.1. The van der Waals surface area contributed by atoms with Gasteiger partial charge in [-0.3, -0.25) is 0 Å². The molecule has 1 aliphatic rings. The van der Waals surface area contributed by atoms with Crippen LogP contribution in [-0.4, -0.2) is 4.57 Å². The predicted molar refractivity (Wildman–Crippen MR) is 215 cm³/mol. The summed E-state index contributed by atoms with van der Waals surface area (Å²) in [5.74, 6) is 0. The Bertz CT molecular complexity index is 2690. The summed E-state index contributed by atoms with van der Waals surface area (Å²) in [6, 6.07) is 70.6. The predicted octanol–water partition coefficient (Wildman–Crippen LogP) is 13.1. The van der Waals surface area contributed by atoms with Crippen molar-refractivity contribution < 1.29 is 0 Å². The smallest absolute Gasteiger partial charge is 0.0541 e. The highest BCUT2D eigenvalue weighted by molar-refractivity contribution is 6.10. The summed E-state index contributed by atoms with van der Waals surface area (Å²) >= 11 is 0. The van der Waals surface area contributed by atoms with Crippen molar-refractivity contribution in [1.29, 1.82) is 0 Å². The van der Waals surface area contributed by atoms with E-state index in [2.05, 4.69) is 204 Å². The van der Waals surface area contributed by atoms with Gasteiger partial charge in [-0.1, -0.05) is 140 Å². The SMILES string of the molecule is c1ccc(-c2ccc(N3Cc4ccc(-c5ccc6c(c5)c5ccccc5n6-c5ccc(-c6ccccc6)cc5)cc4-c4ccccc43)cc2)cc1. The Morgan fingerprint density at radius 1 is 0.333 bits per heavy atom. The average molecular weight is 651 g/mol. The lowest BCUT2D eigenvalue weighted by molar-refractivity contribution is 0.961. The lowest BCUT2D eigenvalue weighted by atomic mass is 9.89. The van der Waals surface area contributed by atoms with Crippen LogP contribution in [0, 0.1) is 0 Å². The molecular weight excluding hydrogens is 617 g/mol. The Balaban J connectivity index is 1.02. The fourth-order valence-electron chi connectivity index (χ4n) is 7.90. The van der Waals surface area contributed by atoms with E-state index in [9.17, 15) is 0 Å². The summed E-state index contributed by atoms with van der Waals surface area (Å²) in [6.45, 7) is 0.826. The number of fused-ring (bicyclic) bond motifs is 6. The molecule has 0 saturated carbocycles. The molecule has 0 saturated heterocycles. The van der Waals surface area contributed by atoms with Crippen LogP contribution in [0.1, 0.15) is 5.56 Å². The maximum absolute atomic E-state index is 2.44. The molecule has 8 aromatic carbocycles. The van der Waals surface area contributed by atoms with Crippen LogP contribution < -0.4 is 4.90 Å². The second-order valence-corrected chi connectivity index (χ2v) is 13.4. The minimum absolute atomic E-state index is 0.826. The van der Waals surface area contributed by atoms with Crippen molar-refractivity contribution in [3.05, 3.63) is 200 Å². The second kappa shape index (κ2) is 12.0. The number of anilines is 2. The van der Waals surface area contributed by atoms with E-state index in [4.69, 9.17) is 0 Å². The van der Waals surface area contributed by atoms with Crippen LogP contribution in [-0.2, 0) is 6.54 Å². The molecule has 9 aromatic rings. The first-order chi connectivity index (χ1) is 25.3. The monoisotopic (exact) mass is 650 g/mol. The van der Waals surface area contributed by atoms with Gasteiger partial charge in [0.25, 0.3) is 0 Å². The van der Waals surface area contributed by atoms with Gasteiger partial charge in [-0.2, -0.15) is 0 Å². The highest BCUT2D eigenvalue weighted by Crippen LogP contribution is 2.45. The highest BCUT2D eigenvalue weighted by atomic mass is 15.1. The summed E-state index contributed by atoms with van der Waals surface area (Å²) in [5.41, 5.74) is 17.3. The van der Waals surface area contributed by atoms with Crippen molar-refractivity contribution in [2.45, 2.75) is 6.54 Å². The van der Waals surface area contributed by atoms with E-state index in [0.29, 0.717) is 0 Å². The standard InChI is InChI=1S/C49H34N2/c1-3-11-34(12-4-1)36-21-26-41(27-22-36)50-33-40-20-19-38(31-45(40)43-15-7-9-17-47(43)50)39-25-30-49-46(32-39)44-16-8-10-18-48(44)51(49)42-28-23-37(24-29-42)35-13-5-2-6-14-35/h1-32H,33H2. The highest BCUT2D eigenvalue weighted by Gasteiger charge is 2.24. The molecule has 0 fully saturated rings. The van der Waals surface area contributed by atoms with Gasteiger partial charge in [0.15, 0.2) is 0 Å². The maximum atomic E-state index is 2.44. The minimum atomic E-state index is 0.826. The molecule has 240 valence electrons. The summed E-state index contributed by atoms with van der Waals surface area (Å²) in [7, 11) is 0. The van der Waals surface area contributed by atoms with Crippen molar-refractivity contribution in [3.8, 4) is 50.2 Å². The van der Waals surface area contributed by atoms with Crippen molar-refractivity contribution in [3.63, 3.8) is 0 Å². The molecule has 1 aliphatic heterocycles. The van der Waals surface area contributed by atoms with E-state index < -0.39 is 0 Å². The molecule has 0 amide bonds. The van der Waals surface area contributed by atoms with Crippen molar-refractivity contribution in [2.24, 2.45) is 0 Å². The Morgan fingerprint density at radius 3 is 1.59 bits per heavy atom. The summed E-state index contributed by atoms with van der Waals surface area (Å²) in [4.78, 5) is 2.44. The third-order valence-corrected chi connectivity index (χ3v) is 10.4. The molecule has 51 heavy (non-hydrogen) atoms. The molecule has 0 unspecified atom stereocenters. The molecule has 2 heterocycles. The van der Waals surface area contributed by atoms with Gasteiger partial charge in [-0.05, 0) is 99.1 Å². The first-order valence-corrected chi connectivity index (χ1v) is 17.6. The third kappa shape index (κ3) is 5.04. The molecule has 0 bridgehead atoms. The minimum Gasteiger partial charge on any atom is -0.336 e. The lowest BCUT2D eigenvalue weighted by Gasteiger charge is -2.33. The molecule has 0 aliphatic carbocycles. The zero-order valence-corrected chi connectivity index (χ0v) is 28.1. The van der Waals surface area contributed by atoms with Crippen LogP contribution >= 0.6 is 0 Å². The van der Waals surface area contributed by atoms with Gasteiger partial charge in [0.05, 0.1) is 11.0 Å². The lowest BCUT2D eigenvalue weighted by Crippen LogP contribution is -2.21. The van der Waals surface area contributed by atoms with Crippen molar-refractivity contribution in [2.75, 3.05) is 4.90 Å². The first kappa shape index (κ1) is 29.3. The van der Waals surface area contributed by atoms with E-state index in [-0.39, 0.29) is 0 Å². The number of para-hydroxylation sites is 2. The fraction of sp³-hybridized carbons (Fsp3) is 0.0204. The maximum Gasteiger partial charge on any atom is 0.0541 e. The number of rotatable bonds is 5. The van der Waals surface area contributed by atoms with Gasteiger partial charge in [-0.15, -0.1) is 0 Å². The molecule has 10 rings (SSSR count). The molecule has 0 radical (unpaired) electrons. The molecule has 0 atom stereocenters. The first-order valence-electron chi connectivity index (χ1n) is 17.6. The Morgan fingerprint density at radius 2 is 0.863 bits per heavy atom. The van der Waals surface area contributed by atoms with E-state index in [1.165, 1.54) is 88.9 Å². The quantitative estimate of drug-likeness (QED) is 0.180. The number of hydrogen-bond donors (Lipinski definition) is 0. The van der Waals surface area contributed by atoms with E-state index in [1.54, 1.807) is 0 Å². The van der Waals surface area contributed by atoms with Crippen LogP contribution in [0.3, 0.4) is 0 Å². The summed E-state index contributed by atoms with van der Waals surface area (Å²) in [6.07, 6.45) is 0. The number of nitrogens with zero attached hydrogens (tertiary/aromatic N) is 2. The normalized spacial score (nSPS) is 12.2. The Labute approximate surface area is 298 Å². The molecule has 0 N–H and O–H groups in total. The molecule has 0 spiro atoms. The number of benzene rings is 8. The number of hydrogen-bond acceptors (Lipinski definition) is 1. The van der Waals surface area contributed by atoms with Gasteiger partial charge in [0.1, 0.15) is 0 Å². The zero-order chi connectivity index (χ0) is 33.7. The van der Waals surface area contributed by atoms with Crippen LogP contribution in [0.4, 0.5) is 11.4 Å². The van der Waals surface area contributed by atoms with E-state index in [0.717, 1.165) is 6.54 Å². The van der Waals surface area contributed by atoms with Gasteiger partial charge in [0.2, 0.25) is 0 Å². The van der Waals surface area contributed by atoms with Crippen LogP contribution in [0.25, 0.3) is 72.0 Å². The topological polar surface area (TPSA) is 8.17 Å². The Kier molecular flexibility index (Phi) is 6.92. The molecule has 2 nitrogen and oxygen atoms in total. The van der Waals surface area contributed by atoms with E-state index >= 15 is 0 Å². The van der Waals surface area contributed by atoms with Gasteiger partial charge in [-0.25, -0.2) is 0 Å².